The van der Waals surface area contributed by atoms with Gasteiger partial charge in [0, 0.05) is 42.7 Å². The molecule has 1 saturated heterocycles. The van der Waals surface area contributed by atoms with Crippen molar-refractivity contribution in [1.82, 2.24) is 9.47 Å². The second-order valence-corrected chi connectivity index (χ2v) is 5.55. The van der Waals surface area contributed by atoms with Crippen LogP contribution in [0.5, 0.6) is 5.75 Å². The first-order valence-corrected chi connectivity index (χ1v) is 7.23. The van der Waals surface area contributed by atoms with Gasteiger partial charge in [-0.05, 0) is 30.7 Å². The second-order valence-electron chi connectivity index (χ2n) is 5.55. The summed E-state index contributed by atoms with van der Waals surface area (Å²) in [5, 5.41) is 10.2. The summed E-state index contributed by atoms with van der Waals surface area (Å²) in [5.74, 6) is 1.16. The third-order valence-electron chi connectivity index (χ3n) is 4.18. The van der Waals surface area contributed by atoms with Crippen LogP contribution < -0.4 is 4.74 Å². The summed E-state index contributed by atoms with van der Waals surface area (Å²) in [6.45, 7) is 1.92. The van der Waals surface area contributed by atoms with E-state index in [1.54, 1.807) is 7.11 Å². The molecule has 5 heteroatoms. The highest BCUT2D eigenvalue weighted by Gasteiger charge is 2.25. The summed E-state index contributed by atoms with van der Waals surface area (Å²) < 4.78 is 7.17. The van der Waals surface area contributed by atoms with E-state index in [2.05, 4.69) is 0 Å². The fourth-order valence-electron chi connectivity index (χ4n) is 2.90. The van der Waals surface area contributed by atoms with E-state index >= 15 is 0 Å². The van der Waals surface area contributed by atoms with Crippen LogP contribution in [0.1, 0.15) is 6.42 Å². The number of ether oxygens (including phenoxy) is 1. The van der Waals surface area contributed by atoms with Crippen molar-refractivity contribution in [2.75, 3.05) is 26.8 Å². The summed E-state index contributed by atoms with van der Waals surface area (Å²) in [6, 6.07) is 7.84. The zero-order chi connectivity index (χ0) is 14.8. The van der Waals surface area contributed by atoms with E-state index in [1.807, 2.05) is 39.9 Å². The van der Waals surface area contributed by atoms with Gasteiger partial charge in [0.15, 0.2) is 0 Å². The molecule has 21 heavy (non-hydrogen) atoms. The van der Waals surface area contributed by atoms with Crippen LogP contribution in [0.25, 0.3) is 10.9 Å². The summed E-state index contributed by atoms with van der Waals surface area (Å²) in [7, 11) is 1.65. The molecule has 0 radical (unpaired) electrons. The van der Waals surface area contributed by atoms with E-state index < -0.39 is 0 Å². The minimum atomic E-state index is 0.110. The standard InChI is InChI=1S/C16H20N2O3/c1-21-14-2-3-15-13(8-14)5-7-17(15)10-16(20)18-6-4-12(9-18)11-19/h2-3,5,7-8,12,19H,4,6,9-11H2,1H3. The molecule has 3 rings (SSSR count). The molecule has 0 saturated carbocycles. The van der Waals surface area contributed by atoms with Crippen molar-refractivity contribution in [1.29, 1.82) is 0 Å². The Bertz CT molecular complexity index is 650. The van der Waals surface area contributed by atoms with Crippen LogP contribution in [0.2, 0.25) is 0 Å². The van der Waals surface area contributed by atoms with Crippen molar-refractivity contribution in [3.63, 3.8) is 0 Å². The number of aromatic nitrogens is 1. The van der Waals surface area contributed by atoms with E-state index in [1.165, 1.54) is 0 Å². The molecule has 1 fully saturated rings. The summed E-state index contributed by atoms with van der Waals surface area (Å²) in [5.41, 5.74) is 1.03. The average Bonchev–Trinajstić information content (AvgIpc) is 3.13. The molecule has 0 aliphatic carbocycles. The quantitative estimate of drug-likeness (QED) is 0.927. The van der Waals surface area contributed by atoms with Crippen molar-refractivity contribution >= 4 is 16.8 Å². The molecule has 0 bridgehead atoms. The topological polar surface area (TPSA) is 54.7 Å². The zero-order valence-electron chi connectivity index (χ0n) is 12.2. The van der Waals surface area contributed by atoms with Gasteiger partial charge in [-0.1, -0.05) is 0 Å². The Morgan fingerprint density at radius 3 is 3.00 bits per heavy atom. The first-order chi connectivity index (χ1) is 10.2. The Labute approximate surface area is 123 Å². The average molecular weight is 288 g/mol. The Hall–Kier alpha value is -2.01. The van der Waals surface area contributed by atoms with Gasteiger partial charge in [0.2, 0.25) is 5.91 Å². The molecule has 1 aromatic carbocycles. The van der Waals surface area contributed by atoms with Crippen molar-refractivity contribution < 1.29 is 14.6 Å². The minimum Gasteiger partial charge on any atom is -0.497 e. The van der Waals surface area contributed by atoms with Crippen LogP contribution in [0, 0.1) is 5.92 Å². The predicted octanol–water partition coefficient (Wildman–Crippen LogP) is 1.49. The lowest BCUT2D eigenvalue weighted by atomic mass is 10.1. The van der Waals surface area contributed by atoms with Gasteiger partial charge in [-0.25, -0.2) is 0 Å². The van der Waals surface area contributed by atoms with Gasteiger partial charge in [0.05, 0.1) is 7.11 Å². The van der Waals surface area contributed by atoms with Gasteiger partial charge in [0.1, 0.15) is 12.3 Å². The molecule has 2 heterocycles. The number of hydrogen-bond donors (Lipinski definition) is 1. The maximum Gasteiger partial charge on any atom is 0.242 e. The van der Waals surface area contributed by atoms with Crippen LogP contribution in [-0.2, 0) is 11.3 Å². The van der Waals surface area contributed by atoms with E-state index in [-0.39, 0.29) is 18.4 Å². The van der Waals surface area contributed by atoms with Crippen LogP contribution in [-0.4, -0.2) is 47.3 Å². The number of nitrogens with zero attached hydrogens (tertiary/aromatic N) is 2. The van der Waals surface area contributed by atoms with Crippen LogP contribution in [0.15, 0.2) is 30.5 Å². The molecule has 1 unspecified atom stereocenters. The van der Waals surface area contributed by atoms with Gasteiger partial charge < -0.3 is 19.3 Å². The highest BCUT2D eigenvalue weighted by molar-refractivity contribution is 5.84. The SMILES string of the molecule is COc1ccc2c(ccn2CC(=O)N2CCC(CO)C2)c1. The van der Waals surface area contributed by atoms with Crippen molar-refractivity contribution in [2.45, 2.75) is 13.0 Å². The molecule has 5 nitrogen and oxygen atoms in total. The number of hydrogen-bond acceptors (Lipinski definition) is 3. The molecule has 2 aromatic rings. The van der Waals surface area contributed by atoms with E-state index in [9.17, 15) is 4.79 Å². The number of rotatable bonds is 4. The highest BCUT2D eigenvalue weighted by atomic mass is 16.5. The number of carbonyl (C=O) groups excluding carboxylic acids is 1. The number of methoxy groups -OCH3 is 1. The molecule has 1 atom stereocenters. The molecule has 1 amide bonds. The van der Waals surface area contributed by atoms with E-state index in [4.69, 9.17) is 9.84 Å². The largest absolute Gasteiger partial charge is 0.497 e. The minimum absolute atomic E-state index is 0.110. The number of amides is 1. The van der Waals surface area contributed by atoms with Gasteiger partial charge in [-0.2, -0.15) is 0 Å². The lowest BCUT2D eigenvalue weighted by Gasteiger charge is -2.17. The molecule has 112 valence electrons. The van der Waals surface area contributed by atoms with Crippen LogP contribution >= 0.6 is 0 Å². The molecule has 1 N–H and O–H groups in total. The number of aliphatic hydroxyl groups is 1. The molecule has 0 spiro atoms. The zero-order valence-corrected chi connectivity index (χ0v) is 12.2. The first-order valence-electron chi connectivity index (χ1n) is 7.23. The van der Waals surface area contributed by atoms with Gasteiger partial charge in [-0.15, -0.1) is 0 Å². The number of likely N-dealkylation sites (tertiary alicyclic amines) is 1. The smallest absolute Gasteiger partial charge is 0.242 e. The number of fused-ring (bicyclic) bond motifs is 1. The first kappa shape index (κ1) is 13.9. The molecular formula is C16H20N2O3. The van der Waals surface area contributed by atoms with E-state index in [0.29, 0.717) is 13.1 Å². The van der Waals surface area contributed by atoms with Gasteiger partial charge in [0.25, 0.3) is 0 Å². The van der Waals surface area contributed by atoms with Gasteiger partial charge >= 0.3 is 0 Å². The predicted molar refractivity (Wildman–Crippen MR) is 80.3 cm³/mol. The Kier molecular flexibility index (Phi) is 3.84. The normalized spacial score (nSPS) is 18.4. The van der Waals surface area contributed by atoms with Crippen LogP contribution in [0.3, 0.4) is 0 Å². The van der Waals surface area contributed by atoms with Gasteiger partial charge in [-0.3, -0.25) is 4.79 Å². The Morgan fingerprint density at radius 2 is 2.29 bits per heavy atom. The maximum atomic E-state index is 12.3. The lowest BCUT2D eigenvalue weighted by molar-refractivity contribution is -0.130. The van der Waals surface area contributed by atoms with Crippen LogP contribution in [0.4, 0.5) is 0 Å². The Balaban J connectivity index is 1.74. The molecular weight excluding hydrogens is 268 g/mol. The maximum absolute atomic E-state index is 12.3. The Morgan fingerprint density at radius 1 is 1.43 bits per heavy atom. The summed E-state index contributed by atoms with van der Waals surface area (Å²) >= 11 is 0. The summed E-state index contributed by atoms with van der Waals surface area (Å²) in [4.78, 5) is 14.2. The number of carbonyl (C=O) groups is 1. The number of aliphatic hydroxyl groups excluding tert-OH is 1. The lowest BCUT2D eigenvalue weighted by Crippen LogP contribution is -2.32. The monoisotopic (exact) mass is 288 g/mol. The third kappa shape index (κ3) is 2.74. The highest BCUT2D eigenvalue weighted by Crippen LogP contribution is 2.22. The number of benzene rings is 1. The van der Waals surface area contributed by atoms with Crippen molar-refractivity contribution in [3.05, 3.63) is 30.5 Å². The van der Waals surface area contributed by atoms with Crippen molar-refractivity contribution in [3.8, 4) is 5.75 Å². The fourth-order valence-corrected chi connectivity index (χ4v) is 2.90. The third-order valence-corrected chi connectivity index (χ3v) is 4.18. The molecule has 1 aromatic heterocycles. The summed E-state index contributed by atoms with van der Waals surface area (Å²) in [6.07, 6.45) is 2.83. The molecule has 1 aliphatic rings. The second kappa shape index (κ2) is 5.77. The van der Waals surface area contributed by atoms with Crippen molar-refractivity contribution in [2.24, 2.45) is 5.92 Å². The fraction of sp³-hybridized carbons (Fsp3) is 0.438. The molecule has 1 aliphatic heterocycles. The van der Waals surface area contributed by atoms with E-state index in [0.717, 1.165) is 29.6 Å².